The van der Waals surface area contributed by atoms with Crippen molar-refractivity contribution in [3.05, 3.63) is 197 Å². The van der Waals surface area contributed by atoms with Gasteiger partial charge in [0.1, 0.15) is 22.4 Å². The van der Waals surface area contributed by atoms with Gasteiger partial charge in [-0.25, -0.2) is 14.4 Å². The molecule has 3 saturated heterocycles. The maximum Gasteiger partial charge on any atom is 0.345 e. The van der Waals surface area contributed by atoms with Crippen LogP contribution in [0.25, 0.3) is 32.7 Å². The van der Waals surface area contributed by atoms with Crippen molar-refractivity contribution in [3.8, 4) is 5.75 Å². The number of esters is 3. The van der Waals surface area contributed by atoms with Gasteiger partial charge in [-0.1, -0.05) is 41.4 Å². The summed E-state index contributed by atoms with van der Waals surface area (Å²) in [4.78, 5) is 137. The third-order valence-electron chi connectivity index (χ3n) is 19.4. The van der Waals surface area contributed by atoms with E-state index in [1.165, 1.54) is 12.5 Å². The van der Waals surface area contributed by atoms with E-state index in [2.05, 4.69) is 14.7 Å². The van der Waals surface area contributed by atoms with Crippen molar-refractivity contribution in [2.75, 3.05) is 182 Å². The third kappa shape index (κ3) is 18.9. The first-order valence-corrected chi connectivity index (χ1v) is 37.3. The maximum atomic E-state index is 13.9. The lowest BCUT2D eigenvalue weighted by molar-refractivity contribution is 0.0514. The molecule has 3 amide bonds. The van der Waals surface area contributed by atoms with Crippen LogP contribution in [-0.2, 0) is 33.8 Å². The van der Waals surface area contributed by atoms with Gasteiger partial charge >= 0.3 is 17.9 Å². The number of amides is 3. The molecule has 9 aromatic rings. The Morgan fingerprint density at radius 2 is 0.817 bits per heavy atom. The maximum absolute atomic E-state index is 13.9. The number of methoxy groups -OCH3 is 1. The fourth-order valence-corrected chi connectivity index (χ4v) is 14.2. The summed E-state index contributed by atoms with van der Waals surface area (Å²) in [5.74, 6) is -1.02. The van der Waals surface area contributed by atoms with Gasteiger partial charge in [0.2, 0.25) is 0 Å². The molecule has 27 nitrogen and oxygen atoms in total. The standard InChI is InChI=1S/C30H38N4O5.C26H32N4O5.C25H29ClN4O5/c1-6-39-30(37)26-27(24-20-21(2)8-13-25(24)34(29(26)36)15-7-14-31(3)4)32-16-18-33(19-17-32)28(35)22-9-11-23(38-5)12-10-22;1-4-34-26(33)22-23(28-14-16-29(17-15-28)24(31)21-11-7-18-35-21)19-9-5-6-10-20(19)30(25(22)32)13-8-12-27(2)3;1-4-34-25(33)21-22(28-10-12-29(13-11-28)23(31)20-6-5-15-35-20)18-16-17(26)7-8-19(18)30(24(21)32)14-9-27(2)3/h8-13,20H,6-7,14-19H2,1-5H3;5-7,9-11,18H,4,8,12-17H2,1-3H3;5-8,15-16H,4,9-14H2,1-3H3. The number of aromatic nitrogens is 3. The summed E-state index contributed by atoms with van der Waals surface area (Å²) in [6, 6.07) is 32.7. The first kappa shape index (κ1) is 80.8. The predicted octanol–water partition coefficient (Wildman–Crippen LogP) is 9.04. The van der Waals surface area contributed by atoms with Crippen LogP contribution in [0.2, 0.25) is 5.02 Å². The van der Waals surface area contributed by atoms with Gasteiger partial charge in [0.05, 0.1) is 73.1 Å². The highest BCUT2D eigenvalue weighted by atomic mass is 35.5. The lowest BCUT2D eigenvalue weighted by Crippen LogP contribution is -2.49. The Morgan fingerprint density at radius 3 is 1.22 bits per heavy atom. The van der Waals surface area contributed by atoms with Gasteiger partial charge in [-0.2, -0.15) is 0 Å². The molecule has 3 aliphatic heterocycles. The fraction of sp³-hybridized carbons (Fsp3) is 0.420. The largest absolute Gasteiger partial charge is 0.497 e. The summed E-state index contributed by atoms with van der Waals surface area (Å²) in [5, 5.41) is 2.87. The fourth-order valence-electron chi connectivity index (χ4n) is 14.0. The molecule has 109 heavy (non-hydrogen) atoms. The molecular formula is C81H99ClN12O15. The van der Waals surface area contributed by atoms with Crippen LogP contribution in [0.4, 0.5) is 17.1 Å². The molecule has 3 aliphatic rings. The van der Waals surface area contributed by atoms with Crippen LogP contribution < -0.4 is 36.1 Å². The van der Waals surface area contributed by atoms with Crippen molar-refractivity contribution in [2.45, 2.75) is 60.2 Å². The first-order chi connectivity index (χ1) is 52.5. The number of halogens is 1. The Labute approximate surface area is 638 Å². The van der Waals surface area contributed by atoms with Gasteiger partial charge in [0.25, 0.3) is 34.4 Å². The molecule has 0 N–H and O–H groups in total. The Balaban J connectivity index is 0.000000175. The molecule has 0 saturated carbocycles. The number of para-hydroxylation sites is 1. The van der Waals surface area contributed by atoms with Crippen LogP contribution >= 0.6 is 11.6 Å². The summed E-state index contributed by atoms with van der Waals surface area (Å²) >= 11 is 6.37. The molecule has 12 rings (SSSR count). The van der Waals surface area contributed by atoms with Crippen LogP contribution in [-0.4, -0.2) is 246 Å². The van der Waals surface area contributed by atoms with E-state index in [0.29, 0.717) is 155 Å². The van der Waals surface area contributed by atoms with Crippen molar-refractivity contribution < 1.29 is 56.5 Å². The highest BCUT2D eigenvalue weighted by Gasteiger charge is 2.35. The van der Waals surface area contributed by atoms with Crippen LogP contribution in [0.5, 0.6) is 5.75 Å². The number of aryl methyl sites for hydroxylation is 3. The molecule has 28 heteroatoms. The molecular weight excluding hydrogens is 1420 g/mol. The summed E-state index contributed by atoms with van der Waals surface area (Å²) in [6.07, 6.45) is 4.49. The van der Waals surface area contributed by atoms with Crippen LogP contribution in [0, 0.1) is 6.92 Å². The van der Waals surface area contributed by atoms with Crippen LogP contribution in [0.15, 0.2) is 145 Å². The molecule has 0 radical (unpaired) electrons. The van der Waals surface area contributed by atoms with E-state index in [1.54, 1.807) is 117 Å². The number of benzene rings is 4. The van der Waals surface area contributed by atoms with Gasteiger partial charge in [0, 0.05) is 131 Å². The third-order valence-corrected chi connectivity index (χ3v) is 19.6. The Morgan fingerprint density at radius 1 is 0.431 bits per heavy atom. The summed E-state index contributed by atoms with van der Waals surface area (Å²) in [6.45, 7) is 16.8. The van der Waals surface area contributed by atoms with Crippen molar-refractivity contribution in [2.24, 2.45) is 0 Å². The number of fused-ring (bicyclic) bond motifs is 3. The van der Waals surface area contributed by atoms with Gasteiger partial charge in [-0.3, -0.25) is 28.8 Å². The molecule has 3 fully saturated rings. The lowest BCUT2D eigenvalue weighted by Gasteiger charge is -2.37. The number of hydrogen-bond donors (Lipinski definition) is 0. The number of ether oxygens (including phenoxy) is 4. The summed E-state index contributed by atoms with van der Waals surface area (Å²) in [5.41, 5.74) is 4.61. The second-order valence-electron chi connectivity index (χ2n) is 27.5. The van der Waals surface area contributed by atoms with Crippen LogP contribution in [0.3, 0.4) is 0 Å². The van der Waals surface area contributed by atoms with E-state index in [4.69, 9.17) is 39.4 Å². The summed E-state index contributed by atoms with van der Waals surface area (Å²) in [7, 11) is 13.4. The SMILES string of the molecule is CCOC(=O)c1c(N2CCN(C(=O)c3ccc(OC)cc3)CC2)c2cc(C)ccc2n(CCCN(C)C)c1=O.CCOC(=O)c1c(N2CCN(C(=O)c3ccco3)CC2)c2cc(Cl)ccc2n(CCN(C)C)c1=O.CCOC(=O)c1c(N2CCN(C(=O)c3ccco3)CC2)c2ccccc2n(CCCN(C)C)c1=O. The topological polar surface area (TPSA) is 261 Å². The van der Waals surface area contributed by atoms with Crippen molar-refractivity contribution in [1.82, 2.24) is 43.1 Å². The predicted molar refractivity (Wildman–Crippen MR) is 422 cm³/mol. The van der Waals surface area contributed by atoms with Crippen LogP contribution in [0.1, 0.15) is 102 Å². The zero-order valence-electron chi connectivity index (χ0n) is 64.2. The number of carbonyl (C=O) groups is 6. The zero-order valence-corrected chi connectivity index (χ0v) is 64.9. The van der Waals surface area contributed by atoms with Crippen molar-refractivity contribution in [1.29, 1.82) is 0 Å². The Hall–Kier alpha value is -10.7. The molecule has 5 aromatic heterocycles. The number of anilines is 3. The van der Waals surface area contributed by atoms with E-state index >= 15 is 0 Å². The number of piperazine rings is 3. The van der Waals surface area contributed by atoms with E-state index in [1.807, 2.05) is 112 Å². The first-order valence-electron chi connectivity index (χ1n) is 37.0. The minimum Gasteiger partial charge on any atom is -0.497 e. The molecule has 0 bridgehead atoms. The minimum atomic E-state index is -0.665. The molecule has 580 valence electrons. The monoisotopic (exact) mass is 1510 g/mol. The average Bonchev–Trinajstić information content (AvgIpc) is 1.11. The van der Waals surface area contributed by atoms with E-state index < -0.39 is 23.5 Å². The molecule has 0 spiro atoms. The van der Waals surface area contributed by atoms with Crippen molar-refractivity contribution in [3.63, 3.8) is 0 Å². The molecule has 0 atom stereocenters. The molecule has 4 aromatic carbocycles. The summed E-state index contributed by atoms with van der Waals surface area (Å²) < 4.78 is 36.7. The zero-order chi connectivity index (χ0) is 78.2. The minimum absolute atomic E-state index is 0.00816. The van der Waals surface area contributed by atoms with Gasteiger partial charge in [-0.15, -0.1) is 0 Å². The number of rotatable bonds is 24. The number of likely N-dealkylation sites (N-methyl/N-ethyl adjacent to an activating group) is 1. The van der Waals surface area contributed by atoms with E-state index in [0.717, 1.165) is 53.3 Å². The Kier molecular flexibility index (Phi) is 27.7. The van der Waals surface area contributed by atoms with E-state index in [-0.39, 0.29) is 71.1 Å². The van der Waals surface area contributed by atoms with Gasteiger partial charge in [-0.05, 0) is 181 Å². The number of carbonyl (C=O) groups excluding carboxylic acids is 6. The number of hydrogen-bond acceptors (Lipinski definition) is 21. The lowest BCUT2D eigenvalue weighted by atomic mass is 10.0. The number of pyridine rings is 3. The highest BCUT2D eigenvalue weighted by Crippen LogP contribution is 2.36. The number of furan rings is 2. The molecule has 8 heterocycles. The molecule has 0 unspecified atom stereocenters. The van der Waals surface area contributed by atoms with Gasteiger partial charge in [0.15, 0.2) is 11.5 Å². The second kappa shape index (κ2) is 37.4. The quantitative estimate of drug-likeness (QED) is 0.0403. The van der Waals surface area contributed by atoms with E-state index in [9.17, 15) is 43.2 Å². The normalized spacial score (nSPS) is 13.9. The average molecular weight is 1520 g/mol. The second-order valence-corrected chi connectivity index (χ2v) is 28.0. The van der Waals surface area contributed by atoms with Gasteiger partial charge < -0.3 is 85.6 Å². The smallest absolute Gasteiger partial charge is 0.345 e. The molecule has 0 aliphatic carbocycles. The highest BCUT2D eigenvalue weighted by molar-refractivity contribution is 6.31. The Bertz CT molecular complexity index is 4870. The number of nitrogens with zero attached hydrogens (tertiary/aromatic N) is 12. The van der Waals surface area contributed by atoms with Crippen molar-refractivity contribution >= 4 is 97.0 Å².